The molecular weight excluding hydrogens is 448 g/mol. The van der Waals surface area contributed by atoms with Crippen LogP contribution in [-0.4, -0.2) is 10.9 Å². The molecule has 2 aromatic carbocycles. The number of thioether (sulfide) groups is 1. The normalized spacial score (nSPS) is 11.6. The molecule has 1 aromatic heterocycles. The summed E-state index contributed by atoms with van der Waals surface area (Å²) in [6.07, 6.45) is -4.08. The predicted molar refractivity (Wildman–Crippen MR) is 108 cm³/mol. The van der Waals surface area contributed by atoms with Crippen LogP contribution >= 0.6 is 35.0 Å². The Morgan fingerprint density at radius 3 is 2.31 bits per heavy atom. The van der Waals surface area contributed by atoms with Crippen LogP contribution in [0, 0.1) is 0 Å². The molecule has 152 valence electrons. The van der Waals surface area contributed by atoms with Gasteiger partial charge in [0.15, 0.2) is 0 Å². The minimum Gasteiger partial charge on any atom is -0.507 e. The second kappa shape index (κ2) is 8.73. The van der Waals surface area contributed by atoms with E-state index in [-0.39, 0.29) is 22.1 Å². The maximum absolute atomic E-state index is 12.6. The lowest BCUT2D eigenvalue weighted by Gasteiger charge is -2.09. The van der Waals surface area contributed by atoms with Crippen molar-refractivity contribution < 1.29 is 22.7 Å². The Labute approximate surface area is 178 Å². The highest BCUT2D eigenvalue weighted by atomic mass is 35.5. The molecule has 29 heavy (non-hydrogen) atoms. The zero-order valence-electron chi connectivity index (χ0n) is 14.6. The van der Waals surface area contributed by atoms with E-state index in [0.717, 1.165) is 12.1 Å². The summed E-state index contributed by atoms with van der Waals surface area (Å²) in [5, 5.41) is 10.9. The molecule has 0 aliphatic carbocycles. The van der Waals surface area contributed by atoms with Crippen molar-refractivity contribution in [1.82, 2.24) is 0 Å². The molecule has 3 rings (SSSR count). The molecule has 0 spiro atoms. The SMILES string of the molecule is O=c1oc(CCSc2ccc(C(F)(F)F)cc2)cc(O)c1-c1ccc(Cl)cc1Cl. The summed E-state index contributed by atoms with van der Waals surface area (Å²) in [6.45, 7) is 0. The number of benzene rings is 2. The van der Waals surface area contributed by atoms with Gasteiger partial charge in [-0.2, -0.15) is 13.2 Å². The number of hydrogen-bond acceptors (Lipinski definition) is 4. The molecule has 0 aliphatic heterocycles. The van der Waals surface area contributed by atoms with Gasteiger partial charge in [-0.3, -0.25) is 0 Å². The zero-order valence-corrected chi connectivity index (χ0v) is 16.9. The van der Waals surface area contributed by atoms with Crippen molar-refractivity contribution in [3.8, 4) is 16.9 Å². The standard InChI is InChI=1S/C20H13Cl2F3O3S/c21-12-3-6-15(16(22)9-12)18-17(26)10-13(28-19(18)27)7-8-29-14-4-1-11(2-5-14)20(23,24)25/h1-6,9-10,26H,7-8H2. The first-order chi connectivity index (χ1) is 13.6. The highest BCUT2D eigenvalue weighted by Gasteiger charge is 2.29. The number of aryl methyl sites for hydroxylation is 1. The molecule has 9 heteroatoms. The number of aromatic hydroxyl groups is 1. The third kappa shape index (κ3) is 5.29. The van der Waals surface area contributed by atoms with E-state index in [4.69, 9.17) is 27.6 Å². The van der Waals surface area contributed by atoms with Gasteiger partial charge in [-0.15, -0.1) is 11.8 Å². The molecule has 3 aromatic rings. The van der Waals surface area contributed by atoms with Crippen LogP contribution < -0.4 is 5.63 Å². The van der Waals surface area contributed by atoms with Gasteiger partial charge in [0.05, 0.1) is 10.6 Å². The van der Waals surface area contributed by atoms with E-state index in [0.29, 0.717) is 27.7 Å². The highest BCUT2D eigenvalue weighted by molar-refractivity contribution is 7.99. The average molecular weight is 461 g/mol. The van der Waals surface area contributed by atoms with Crippen molar-refractivity contribution in [2.24, 2.45) is 0 Å². The van der Waals surface area contributed by atoms with Gasteiger partial charge in [0.25, 0.3) is 0 Å². The van der Waals surface area contributed by atoms with Crippen LogP contribution in [-0.2, 0) is 12.6 Å². The van der Waals surface area contributed by atoms with Crippen LogP contribution in [0.4, 0.5) is 13.2 Å². The van der Waals surface area contributed by atoms with Crippen LogP contribution in [0.2, 0.25) is 10.0 Å². The Balaban J connectivity index is 1.70. The molecule has 1 N–H and O–H groups in total. The molecule has 1 heterocycles. The number of rotatable bonds is 5. The number of alkyl halides is 3. The maximum atomic E-state index is 12.6. The van der Waals surface area contributed by atoms with E-state index in [1.165, 1.54) is 48.2 Å². The Bertz CT molecular complexity index is 1080. The zero-order chi connectivity index (χ0) is 21.2. The molecule has 0 saturated heterocycles. The van der Waals surface area contributed by atoms with Crippen molar-refractivity contribution >= 4 is 35.0 Å². The molecule has 0 fully saturated rings. The molecular formula is C20H13Cl2F3O3S. The predicted octanol–water partition coefficient (Wildman–Crippen LogP) is 6.67. The maximum Gasteiger partial charge on any atom is 0.416 e. The first kappa shape index (κ1) is 21.6. The molecule has 0 saturated carbocycles. The van der Waals surface area contributed by atoms with Gasteiger partial charge in [0.1, 0.15) is 17.1 Å². The Morgan fingerprint density at radius 2 is 1.72 bits per heavy atom. The van der Waals surface area contributed by atoms with E-state index < -0.39 is 17.4 Å². The minimum absolute atomic E-state index is 0.0641. The van der Waals surface area contributed by atoms with E-state index in [1.807, 2.05) is 0 Å². The first-order valence-corrected chi connectivity index (χ1v) is 10.0. The summed E-state index contributed by atoms with van der Waals surface area (Å²) < 4.78 is 43.0. The van der Waals surface area contributed by atoms with Crippen LogP contribution in [0.1, 0.15) is 11.3 Å². The van der Waals surface area contributed by atoms with Crippen molar-refractivity contribution in [3.63, 3.8) is 0 Å². The number of hydrogen-bond donors (Lipinski definition) is 1. The topological polar surface area (TPSA) is 50.4 Å². The van der Waals surface area contributed by atoms with Crippen LogP contribution in [0.15, 0.2) is 62.6 Å². The van der Waals surface area contributed by atoms with E-state index in [2.05, 4.69) is 0 Å². The molecule has 0 amide bonds. The van der Waals surface area contributed by atoms with Gasteiger partial charge in [-0.1, -0.05) is 29.3 Å². The van der Waals surface area contributed by atoms with Gasteiger partial charge in [0, 0.05) is 33.7 Å². The third-order valence-electron chi connectivity index (χ3n) is 3.98. The average Bonchev–Trinajstić information content (AvgIpc) is 2.62. The monoisotopic (exact) mass is 460 g/mol. The fourth-order valence-corrected chi connectivity index (χ4v) is 3.97. The lowest BCUT2D eigenvalue weighted by Crippen LogP contribution is -2.06. The van der Waals surface area contributed by atoms with Crippen molar-refractivity contribution in [1.29, 1.82) is 0 Å². The molecule has 3 nitrogen and oxygen atoms in total. The van der Waals surface area contributed by atoms with Gasteiger partial charge < -0.3 is 9.52 Å². The summed E-state index contributed by atoms with van der Waals surface area (Å²) in [7, 11) is 0. The molecule has 0 unspecified atom stereocenters. The van der Waals surface area contributed by atoms with Gasteiger partial charge in [-0.05, 0) is 36.4 Å². The summed E-state index contributed by atoms with van der Waals surface area (Å²) in [6, 6.07) is 10.6. The number of halogens is 5. The smallest absolute Gasteiger partial charge is 0.416 e. The van der Waals surface area contributed by atoms with Gasteiger partial charge in [-0.25, -0.2) is 4.79 Å². The van der Waals surface area contributed by atoms with E-state index in [9.17, 15) is 23.1 Å². The van der Waals surface area contributed by atoms with Crippen LogP contribution in [0.5, 0.6) is 5.75 Å². The summed E-state index contributed by atoms with van der Waals surface area (Å²) in [5.41, 5.74) is -1.23. The van der Waals surface area contributed by atoms with E-state index in [1.54, 1.807) is 0 Å². The Hall–Kier alpha value is -2.09. The highest BCUT2D eigenvalue weighted by Crippen LogP contribution is 2.34. The molecule has 0 atom stereocenters. The summed E-state index contributed by atoms with van der Waals surface area (Å²) in [5.74, 6) is 0.412. The second-order valence-corrected chi connectivity index (χ2v) is 8.02. The first-order valence-electron chi connectivity index (χ1n) is 8.26. The fourth-order valence-electron chi connectivity index (χ4n) is 2.60. The lowest BCUT2D eigenvalue weighted by atomic mass is 10.1. The third-order valence-corrected chi connectivity index (χ3v) is 5.54. The minimum atomic E-state index is -4.38. The van der Waals surface area contributed by atoms with E-state index >= 15 is 0 Å². The second-order valence-electron chi connectivity index (χ2n) is 6.01. The van der Waals surface area contributed by atoms with Gasteiger partial charge in [0.2, 0.25) is 0 Å². The Morgan fingerprint density at radius 1 is 1.03 bits per heavy atom. The lowest BCUT2D eigenvalue weighted by molar-refractivity contribution is -0.137. The Kier molecular flexibility index (Phi) is 6.51. The molecule has 0 bridgehead atoms. The quantitative estimate of drug-likeness (QED) is 0.431. The summed E-state index contributed by atoms with van der Waals surface area (Å²) >= 11 is 13.2. The van der Waals surface area contributed by atoms with Crippen molar-refractivity contribution in [2.75, 3.05) is 5.75 Å². The van der Waals surface area contributed by atoms with Crippen molar-refractivity contribution in [3.05, 3.63) is 80.3 Å². The summed E-state index contributed by atoms with van der Waals surface area (Å²) in [4.78, 5) is 13.0. The van der Waals surface area contributed by atoms with Gasteiger partial charge >= 0.3 is 11.8 Å². The van der Waals surface area contributed by atoms with Crippen molar-refractivity contribution in [2.45, 2.75) is 17.5 Å². The fraction of sp³-hybridized carbons (Fsp3) is 0.150. The molecule has 0 radical (unpaired) electrons. The molecule has 0 aliphatic rings. The van der Waals surface area contributed by atoms with Crippen LogP contribution in [0.3, 0.4) is 0 Å². The largest absolute Gasteiger partial charge is 0.507 e. The van der Waals surface area contributed by atoms with Crippen LogP contribution in [0.25, 0.3) is 11.1 Å².